The molecule has 1 N–H and O–H groups in total. The Morgan fingerprint density at radius 3 is 2.78 bits per heavy atom. The molecule has 0 radical (unpaired) electrons. The lowest BCUT2D eigenvalue weighted by molar-refractivity contribution is -0.131. The second-order valence-corrected chi connectivity index (χ2v) is 7.34. The van der Waals surface area contributed by atoms with E-state index in [1.54, 1.807) is 0 Å². The summed E-state index contributed by atoms with van der Waals surface area (Å²) < 4.78 is 28.4. The van der Waals surface area contributed by atoms with Crippen LogP contribution in [0.25, 0.3) is 10.9 Å². The summed E-state index contributed by atoms with van der Waals surface area (Å²) in [6.45, 7) is -1.40. The molecule has 0 saturated carbocycles. The fraction of sp³-hybridized carbons (Fsp3) is 0.350. The highest BCUT2D eigenvalue weighted by molar-refractivity contribution is 7.98. The lowest BCUT2D eigenvalue weighted by Crippen LogP contribution is -2.26. The van der Waals surface area contributed by atoms with E-state index < -0.39 is 6.61 Å². The average molecular weight is 391 g/mol. The first kappa shape index (κ1) is 19.8. The van der Waals surface area contributed by atoms with Crippen LogP contribution in [0.15, 0.2) is 53.8 Å². The number of alkyl halides is 2. The Morgan fingerprint density at radius 2 is 2.00 bits per heavy atom. The van der Waals surface area contributed by atoms with E-state index in [-0.39, 0.29) is 6.61 Å². The van der Waals surface area contributed by atoms with Gasteiger partial charge in [-0.15, -0.1) is 11.8 Å². The maximum absolute atomic E-state index is 12.1. The first-order valence-corrected chi connectivity index (χ1v) is 9.81. The van der Waals surface area contributed by atoms with Gasteiger partial charge in [0, 0.05) is 53.2 Å². The molecule has 27 heavy (non-hydrogen) atoms. The van der Waals surface area contributed by atoms with Crippen LogP contribution >= 0.6 is 11.8 Å². The van der Waals surface area contributed by atoms with E-state index >= 15 is 0 Å². The van der Waals surface area contributed by atoms with Crippen molar-refractivity contribution in [1.29, 1.82) is 0 Å². The molecule has 0 bridgehead atoms. The minimum Gasteiger partial charge on any atom is -0.361 e. The molecule has 0 spiro atoms. The Morgan fingerprint density at radius 1 is 1.19 bits per heavy atom. The molecule has 0 fully saturated rings. The zero-order valence-corrected chi connectivity index (χ0v) is 16.0. The number of pyridine rings is 1. The number of hydrogen-bond donors (Lipinski definition) is 1. The van der Waals surface area contributed by atoms with Crippen LogP contribution in [0.2, 0.25) is 0 Å². The summed E-state index contributed by atoms with van der Waals surface area (Å²) in [6, 6.07) is 10.3. The Kier molecular flexibility index (Phi) is 7.20. The zero-order chi connectivity index (χ0) is 19.1. The molecular weight excluding hydrogens is 368 g/mol. The van der Waals surface area contributed by atoms with Crippen molar-refractivity contribution in [3.63, 3.8) is 0 Å². The van der Waals surface area contributed by atoms with E-state index in [4.69, 9.17) is 0 Å². The van der Waals surface area contributed by atoms with Crippen molar-refractivity contribution in [1.82, 2.24) is 14.9 Å². The molecule has 3 rings (SSSR count). The van der Waals surface area contributed by atoms with Gasteiger partial charge in [0.1, 0.15) is 0 Å². The number of halogens is 2. The minimum atomic E-state index is -2.70. The maximum Gasteiger partial charge on any atom is 0.345 e. The molecule has 2 aromatic heterocycles. The molecule has 0 atom stereocenters. The highest BCUT2D eigenvalue weighted by Crippen LogP contribution is 2.32. The smallest absolute Gasteiger partial charge is 0.345 e. The number of aromatic nitrogens is 2. The van der Waals surface area contributed by atoms with E-state index in [2.05, 4.69) is 32.9 Å². The number of hydrogen-bond acceptors (Lipinski definition) is 4. The van der Waals surface area contributed by atoms with Gasteiger partial charge in [0.15, 0.2) is 0 Å². The highest BCUT2D eigenvalue weighted by Gasteiger charge is 2.11. The lowest BCUT2D eigenvalue weighted by atomic mass is 10.1. The van der Waals surface area contributed by atoms with Crippen LogP contribution < -0.4 is 0 Å². The zero-order valence-electron chi connectivity index (χ0n) is 15.2. The number of nitrogens with one attached hydrogen (secondary N) is 1. The van der Waals surface area contributed by atoms with Crippen LogP contribution in [0.5, 0.6) is 0 Å². The third kappa shape index (κ3) is 5.76. The third-order valence-corrected chi connectivity index (χ3v) is 5.50. The molecule has 1 aromatic carbocycles. The molecule has 0 unspecified atom stereocenters. The third-order valence-electron chi connectivity index (χ3n) is 4.37. The van der Waals surface area contributed by atoms with Crippen molar-refractivity contribution in [3.8, 4) is 0 Å². The molecule has 7 heteroatoms. The number of ether oxygens (including phenoxy) is 1. The SMILES string of the molecule is CN(CCOC(F)F)CCc1c[nH]c2cccc(SCc3ccncc3)c12. The van der Waals surface area contributed by atoms with E-state index in [9.17, 15) is 8.78 Å². The standard InChI is InChI=1S/C20H23F2N3OS/c1-25(11-12-26-20(21)22)10-7-16-13-24-17-3-2-4-18(19(16)17)27-14-15-5-8-23-9-6-15/h2-6,8-9,13,20,24H,7,10-12,14H2,1H3. The van der Waals surface area contributed by atoms with Crippen LogP contribution in [0, 0.1) is 0 Å². The number of H-pyrrole nitrogens is 1. The summed E-state index contributed by atoms with van der Waals surface area (Å²) in [5, 5.41) is 1.24. The van der Waals surface area contributed by atoms with Crippen molar-refractivity contribution < 1.29 is 13.5 Å². The van der Waals surface area contributed by atoms with Crippen LogP contribution in [-0.4, -0.2) is 48.2 Å². The molecule has 0 aliphatic heterocycles. The number of thioether (sulfide) groups is 1. The van der Waals surface area contributed by atoms with Crippen LogP contribution in [0.3, 0.4) is 0 Å². The molecule has 144 valence electrons. The Hall–Kier alpha value is -1.96. The molecule has 0 aliphatic rings. The predicted octanol–water partition coefficient (Wildman–Crippen LogP) is 4.57. The molecule has 3 aromatic rings. The fourth-order valence-corrected chi connectivity index (χ4v) is 3.97. The van der Waals surface area contributed by atoms with Gasteiger partial charge in [0.2, 0.25) is 0 Å². The van der Waals surface area contributed by atoms with E-state index in [0.29, 0.717) is 6.54 Å². The maximum atomic E-state index is 12.1. The molecule has 2 heterocycles. The van der Waals surface area contributed by atoms with Crippen LogP contribution in [0.4, 0.5) is 8.78 Å². The first-order chi connectivity index (χ1) is 13.1. The molecule has 0 saturated heterocycles. The van der Waals surface area contributed by atoms with Crippen molar-refractivity contribution in [2.24, 2.45) is 0 Å². The van der Waals surface area contributed by atoms with Gasteiger partial charge in [0.05, 0.1) is 6.61 Å². The topological polar surface area (TPSA) is 41.1 Å². The van der Waals surface area contributed by atoms with Crippen molar-refractivity contribution in [2.75, 3.05) is 26.7 Å². The van der Waals surface area contributed by atoms with Gasteiger partial charge in [-0.05, 0) is 48.9 Å². The van der Waals surface area contributed by atoms with E-state index in [0.717, 1.165) is 24.2 Å². The summed E-state index contributed by atoms with van der Waals surface area (Å²) in [6.07, 6.45) is 6.51. The van der Waals surface area contributed by atoms with E-state index in [1.807, 2.05) is 54.4 Å². The van der Waals surface area contributed by atoms with Crippen LogP contribution in [0.1, 0.15) is 11.1 Å². The predicted molar refractivity (Wildman–Crippen MR) is 105 cm³/mol. The molecule has 0 aliphatic carbocycles. The van der Waals surface area contributed by atoms with Crippen molar-refractivity contribution in [2.45, 2.75) is 23.7 Å². The van der Waals surface area contributed by atoms with E-state index in [1.165, 1.54) is 21.4 Å². The van der Waals surface area contributed by atoms with Crippen molar-refractivity contribution in [3.05, 3.63) is 60.0 Å². The van der Waals surface area contributed by atoms with Gasteiger partial charge in [-0.3, -0.25) is 4.98 Å². The number of fused-ring (bicyclic) bond motifs is 1. The number of rotatable bonds is 10. The van der Waals surface area contributed by atoms with Gasteiger partial charge in [-0.1, -0.05) is 6.07 Å². The monoisotopic (exact) mass is 391 g/mol. The van der Waals surface area contributed by atoms with Gasteiger partial charge < -0.3 is 14.6 Å². The normalized spacial score (nSPS) is 11.7. The largest absolute Gasteiger partial charge is 0.361 e. The molecular formula is C20H23F2N3OS. The quantitative estimate of drug-likeness (QED) is 0.514. The number of nitrogens with zero attached hydrogens (tertiary/aromatic N) is 2. The lowest BCUT2D eigenvalue weighted by Gasteiger charge is -2.16. The summed E-state index contributed by atoms with van der Waals surface area (Å²) in [7, 11) is 1.92. The van der Waals surface area contributed by atoms with Gasteiger partial charge in [-0.2, -0.15) is 8.78 Å². The second-order valence-electron chi connectivity index (χ2n) is 6.32. The van der Waals surface area contributed by atoms with Gasteiger partial charge >= 0.3 is 6.61 Å². The van der Waals surface area contributed by atoms with Gasteiger partial charge in [0.25, 0.3) is 0 Å². The molecule has 0 amide bonds. The second kappa shape index (κ2) is 9.82. The Bertz CT molecular complexity index is 842. The molecule has 4 nitrogen and oxygen atoms in total. The number of likely N-dealkylation sites (N-methyl/N-ethyl adjacent to an activating group) is 1. The van der Waals surface area contributed by atoms with Crippen molar-refractivity contribution >= 4 is 22.7 Å². The summed E-state index contributed by atoms with van der Waals surface area (Å²) in [5.74, 6) is 0.886. The summed E-state index contributed by atoms with van der Waals surface area (Å²) in [5.41, 5.74) is 3.60. The fourth-order valence-electron chi connectivity index (χ4n) is 2.90. The summed E-state index contributed by atoms with van der Waals surface area (Å²) >= 11 is 1.81. The Balaban J connectivity index is 1.64. The minimum absolute atomic E-state index is 0.0368. The highest BCUT2D eigenvalue weighted by atomic mass is 32.2. The summed E-state index contributed by atoms with van der Waals surface area (Å²) in [4.78, 5) is 10.6. The van der Waals surface area contributed by atoms with Gasteiger partial charge in [-0.25, -0.2) is 0 Å². The number of benzene rings is 1. The first-order valence-electron chi connectivity index (χ1n) is 8.82. The average Bonchev–Trinajstić information content (AvgIpc) is 3.09. The number of aromatic amines is 1. The van der Waals surface area contributed by atoms with Crippen LogP contribution in [-0.2, 0) is 16.9 Å². The Labute approximate surface area is 161 Å².